The van der Waals surface area contributed by atoms with Crippen LogP contribution in [0.25, 0.3) is 11.0 Å². The Kier molecular flexibility index (Phi) is 6.21. The van der Waals surface area contributed by atoms with E-state index < -0.39 is 0 Å². The molecule has 2 atom stereocenters. The zero-order chi connectivity index (χ0) is 24.5. The van der Waals surface area contributed by atoms with E-state index >= 15 is 0 Å². The highest BCUT2D eigenvalue weighted by molar-refractivity contribution is 5.88. The van der Waals surface area contributed by atoms with E-state index in [9.17, 15) is 0 Å². The number of aromatic nitrogens is 4. The van der Waals surface area contributed by atoms with Gasteiger partial charge in [0.2, 0.25) is 0 Å². The molecule has 6 rings (SSSR count). The van der Waals surface area contributed by atoms with Crippen molar-refractivity contribution in [3.63, 3.8) is 0 Å². The Morgan fingerprint density at radius 2 is 1.50 bits per heavy atom. The molecule has 0 radical (unpaired) electrons. The molecule has 8 nitrogen and oxygen atoms in total. The topological polar surface area (TPSA) is 88.6 Å². The number of fused-ring (bicyclic) bond motifs is 1. The predicted molar refractivity (Wildman–Crippen MR) is 145 cm³/mol. The first-order chi connectivity index (χ1) is 17.6. The van der Waals surface area contributed by atoms with E-state index in [0.717, 1.165) is 71.2 Å². The van der Waals surface area contributed by atoms with Crippen molar-refractivity contribution >= 4 is 34.8 Å². The molecule has 4 aromatic rings. The van der Waals surface area contributed by atoms with Crippen LogP contribution in [0.5, 0.6) is 0 Å². The number of nitrogens with zero attached hydrogens (tertiary/aromatic N) is 6. The maximum Gasteiger partial charge on any atom is 0.124 e. The Morgan fingerprint density at radius 1 is 0.833 bits per heavy atom. The first kappa shape index (κ1) is 22.8. The highest BCUT2D eigenvalue weighted by Crippen LogP contribution is 2.30. The second-order valence-corrected chi connectivity index (χ2v) is 9.93. The fourth-order valence-corrected chi connectivity index (χ4v) is 5.30. The third kappa shape index (κ3) is 4.74. The van der Waals surface area contributed by atoms with E-state index in [-0.39, 0.29) is 0 Å². The van der Waals surface area contributed by atoms with Gasteiger partial charge >= 0.3 is 0 Å². The van der Waals surface area contributed by atoms with Gasteiger partial charge in [0.1, 0.15) is 11.6 Å². The van der Waals surface area contributed by atoms with Crippen LogP contribution in [0.1, 0.15) is 60.7 Å². The minimum absolute atomic E-state index is 0.384. The molecule has 2 saturated heterocycles. The summed E-state index contributed by atoms with van der Waals surface area (Å²) in [6.45, 7) is 2.26. The zero-order valence-corrected chi connectivity index (χ0v) is 20.9. The highest BCUT2D eigenvalue weighted by Gasteiger charge is 2.26. The van der Waals surface area contributed by atoms with Gasteiger partial charge in [0.05, 0.1) is 52.6 Å². The summed E-state index contributed by atoms with van der Waals surface area (Å²) in [5, 5.41) is 0. The second kappa shape index (κ2) is 9.79. The van der Waals surface area contributed by atoms with E-state index in [1.165, 1.54) is 12.8 Å². The van der Waals surface area contributed by atoms with Crippen LogP contribution in [0.15, 0.2) is 58.6 Å². The molecule has 0 bridgehead atoms. The van der Waals surface area contributed by atoms with Crippen molar-refractivity contribution < 1.29 is 0 Å². The maximum atomic E-state index is 4.81. The summed E-state index contributed by atoms with van der Waals surface area (Å²) in [5.74, 6) is 2.09. The lowest BCUT2D eigenvalue weighted by Crippen LogP contribution is -2.18. The normalized spacial score (nSPS) is 21.6. The van der Waals surface area contributed by atoms with Crippen molar-refractivity contribution in [3.8, 4) is 0 Å². The molecule has 8 heteroatoms. The van der Waals surface area contributed by atoms with Crippen molar-refractivity contribution in [2.24, 2.45) is 9.98 Å². The number of nitrogens with one attached hydrogen (secondary N) is 2. The van der Waals surface area contributed by atoms with E-state index in [0.29, 0.717) is 12.1 Å². The number of rotatable bonds is 6. The summed E-state index contributed by atoms with van der Waals surface area (Å²) >= 11 is 0. The lowest BCUT2D eigenvalue weighted by atomic mass is 10.2. The molecule has 2 fully saturated rings. The SMILES string of the molecule is CN1CCC[C@H]1c1ncc(C=Nc2ccc(N=Cc3ccc4nc([C@@H]5CCCN5C)[nH]c4c3)cc2)[nH]1. The zero-order valence-electron chi connectivity index (χ0n) is 20.9. The molecule has 2 aromatic carbocycles. The quantitative estimate of drug-likeness (QED) is 0.366. The average molecular weight is 481 g/mol. The standard InChI is InChI=1S/C28H32N8/c1-35-13-3-5-25(35)27-31-18-22(32-27)17-30-21-10-8-20(9-11-21)29-16-19-7-12-23-24(15-19)34-28(33-23)26-6-4-14-36(26)2/h7-12,15-18,25-26H,3-6,13-14H2,1-2H3,(H,31,32)(H,33,34)/t25-,26-/m0/s1. The highest BCUT2D eigenvalue weighted by atomic mass is 15.2. The summed E-state index contributed by atoms with van der Waals surface area (Å²) in [6.07, 6.45) is 10.3. The molecule has 0 amide bonds. The van der Waals surface area contributed by atoms with Crippen molar-refractivity contribution in [1.82, 2.24) is 29.7 Å². The summed E-state index contributed by atoms with van der Waals surface area (Å²) < 4.78 is 0. The van der Waals surface area contributed by atoms with Gasteiger partial charge in [-0.15, -0.1) is 0 Å². The van der Waals surface area contributed by atoms with Crippen LogP contribution in [0.3, 0.4) is 0 Å². The number of hydrogen-bond acceptors (Lipinski definition) is 6. The van der Waals surface area contributed by atoms with E-state index in [2.05, 4.69) is 67.0 Å². The van der Waals surface area contributed by atoms with Crippen LogP contribution in [-0.4, -0.2) is 69.3 Å². The Labute approximate surface area is 211 Å². The number of aromatic amines is 2. The molecule has 2 aliphatic heterocycles. The number of likely N-dealkylation sites (tertiary alicyclic amines) is 2. The number of imidazole rings is 2. The smallest absolute Gasteiger partial charge is 0.124 e. The maximum absolute atomic E-state index is 4.81. The predicted octanol–water partition coefficient (Wildman–Crippen LogP) is 5.32. The Bertz CT molecular complexity index is 1400. The van der Waals surface area contributed by atoms with Gasteiger partial charge in [-0.1, -0.05) is 6.07 Å². The van der Waals surface area contributed by atoms with Gasteiger partial charge in [0, 0.05) is 6.21 Å². The van der Waals surface area contributed by atoms with Crippen LogP contribution in [-0.2, 0) is 0 Å². The van der Waals surface area contributed by atoms with Crippen molar-refractivity contribution in [2.45, 2.75) is 37.8 Å². The van der Waals surface area contributed by atoms with Gasteiger partial charge in [-0.25, -0.2) is 9.97 Å². The molecule has 0 aliphatic carbocycles. The minimum Gasteiger partial charge on any atom is -0.341 e. The fourth-order valence-electron chi connectivity index (χ4n) is 5.30. The van der Waals surface area contributed by atoms with Gasteiger partial charge in [-0.3, -0.25) is 19.8 Å². The van der Waals surface area contributed by atoms with Crippen molar-refractivity contribution in [1.29, 1.82) is 0 Å². The number of benzene rings is 2. The third-order valence-electron chi connectivity index (χ3n) is 7.38. The number of hydrogen-bond donors (Lipinski definition) is 2. The van der Waals surface area contributed by atoms with E-state index in [1.54, 1.807) is 0 Å². The molecule has 2 N–H and O–H groups in total. The molecule has 184 valence electrons. The number of H-pyrrole nitrogens is 2. The van der Waals surface area contributed by atoms with Gasteiger partial charge in [0.15, 0.2) is 0 Å². The lowest BCUT2D eigenvalue weighted by Gasteiger charge is -2.16. The Morgan fingerprint density at radius 3 is 2.17 bits per heavy atom. The molecule has 0 saturated carbocycles. The molecule has 4 heterocycles. The molecule has 36 heavy (non-hydrogen) atoms. The lowest BCUT2D eigenvalue weighted by molar-refractivity contribution is 0.307. The average Bonchev–Trinajstić information content (AvgIpc) is 3.68. The Hall–Kier alpha value is -3.62. The summed E-state index contributed by atoms with van der Waals surface area (Å²) in [4.78, 5) is 30.3. The van der Waals surface area contributed by atoms with Crippen LogP contribution in [0.4, 0.5) is 11.4 Å². The van der Waals surface area contributed by atoms with Crippen molar-refractivity contribution in [3.05, 3.63) is 71.6 Å². The van der Waals surface area contributed by atoms with E-state index in [1.807, 2.05) is 42.9 Å². The van der Waals surface area contributed by atoms with Crippen molar-refractivity contribution in [2.75, 3.05) is 27.2 Å². The third-order valence-corrected chi connectivity index (χ3v) is 7.38. The van der Waals surface area contributed by atoms with Gasteiger partial charge in [-0.05, 0) is 94.8 Å². The summed E-state index contributed by atoms with van der Waals surface area (Å²) in [7, 11) is 4.32. The molecule has 2 aliphatic rings. The van der Waals surface area contributed by atoms with Gasteiger partial charge in [0.25, 0.3) is 0 Å². The largest absolute Gasteiger partial charge is 0.341 e. The summed E-state index contributed by atoms with van der Waals surface area (Å²) in [6, 6.07) is 14.9. The number of aliphatic imine (C=N–C) groups is 2. The molecular weight excluding hydrogens is 448 g/mol. The van der Waals surface area contributed by atoms with Crippen LogP contribution < -0.4 is 0 Å². The van der Waals surface area contributed by atoms with Gasteiger partial charge < -0.3 is 9.97 Å². The molecule has 0 unspecified atom stereocenters. The molecule has 2 aromatic heterocycles. The monoisotopic (exact) mass is 480 g/mol. The fraction of sp³-hybridized carbons (Fsp3) is 0.357. The Balaban J connectivity index is 1.10. The second-order valence-electron chi connectivity index (χ2n) is 9.93. The van der Waals surface area contributed by atoms with E-state index in [4.69, 9.17) is 4.98 Å². The first-order valence-corrected chi connectivity index (χ1v) is 12.8. The summed E-state index contributed by atoms with van der Waals surface area (Å²) in [5.41, 5.74) is 5.79. The van der Waals surface area contributed by atoms with Gasteiger partial charge in [-0.2, -0.15) is 0 Å². The van der Waals surface area contributed by atoms with Crippen LogP contribution in [0, 0.1) is 0 Å². The van der Waals surface area contributed by atoms with Crippen LogP contribution in [0.2, 0.25) is 0 Å². The minimum atomic E-state index is 0.384. The first-order valence-electron chi connectivity index (χ1n) is 12.8. The van der Waals surface area contributed by atoms with Crippen LogP contribution >= 0.6 is 0 Å². The molecular formula is C28H32N8. The molecule has 0 spiro atoms.